The molecule has 2 rings (SSSR count). The van der Waals surface area contributed by atoms with Gasteiger partial charge in [0.2, 0.25) is 0 Å². The average Bonchev–Trinajstić information content (AvgIpc) is 2.67. The average molecular weight is 313 g/mol. The second kappa shape index (κ2) is 5.57. The van der Waals surface area contributed by atoms with Gasteiger partial charge >= 0.3 is 0 Å². The number of nitrogen functional groups attached to an aromatic ring is 1. The molecule has 0 saturated carbocycles. The van der Waals surface area contributed by atoms with Crippen LogP contribution in [0.1, 0.15) is 10.6 Å². The molecule has 0 aliphatic heterocycles. The predicted molar refractivity (Wildman–Crippen MR) is 73.6 cm³/mol. The van der Waals surface area contributed by atoms with E-state index in [1.165, 1.54) is 4.88 Å². The van der Waals surface area contributed by atoms with Crippen molar-refractivity contribution >= 4 is 33.1 Å². The van der Waals surface area contributed by atoms with Crippen LogP contribution in [0.25, 0.3) is 0 Å². The summed E-state index contributed by atoms with van der Waals surface area (Å²) in [7, 11) is 2.06. The highest BCUT2D eigenvalue weighted by Crippen LogP contribution is 2.21. The van der Waals surface area contributed by atoms with E-state index in [9.17, 15) is 0 Å². The van der Waals surface area contributed by atoms with Gasteiger partial charge in [-0.25, -0.2) is 4.98 Å². The summed E-state index contributed by atoms with van der Waals surface area (Å²) in [5, 5.41) is 2.09. The minimum absolute atomic E-state index is 0.457. The number of aromatic nitrogens is 2. The van der Waals surface area contributed by atoms with E-state index in [0.29, 0.717) is 5.82 Å². The van der Waals surface area contributed by atoms with Gasteiger partial charge in [0.15, 0.2) is 0 Å². The molecule has 0 unspecified atom stereocenters. The Hall–Kier alpha value is -0.980. The second-order valence-electron chi connectivity index (χ2n) is 3.84. The first kappa shape index (κ1) is 12.5. The molecule has 4 nitrogen and oxygen atoms in total. The standard InChI is InChI=1S/C11H13BrN4S/c1-16(6-10-2-8(12)7-17-10)5-9-3-15-11(13)4-14-9/h2-4,7H,5-6H2,1H3,(H2,13,15). The lowest BCUT2D eigenvalue weighted by Crippen LogP contribution is -2.17. The minimum Gasteiger partial charge on any atom is -0.382 e. The van der Waals surface area contributed by atoms with Gasteiger partial charge in [0.1, 0.15) is 5.82 Å². The summed E-state index contributed by atoms with van der Waals surface area (Å²) in [6.45, 7) is 1.67. The highest BCUT2D eigenvalue weighted by molar-refractivity contribution is 9.10. The first-order chi connectivity index (χ1) is 8.13. The SMILES string of the molecule is CN(Cc1cnc(N)cn1)Cc1cc(Br)cs1. The molecule has 0 aliphatic carbocycles. The van der Waals surface area contributed by atoms with Crippen molar-refractivity contribution in [3.05, 3.63) is 38.9 Å². The number of anilines is 1. The van der Waals surface area contributed by atoms with Crippen LogP contribution in [0.4, 0.5) is 5.82 Å². The highest BCUT2D eigenvalue weighted by atomic mass is 79.9. The number of rotatable bonds is 4. The van der Waals surface area contributed by atoms with Gasteiger partial charge in [-0.15, -0.1) is 11.3 Å². The zero-order valence-electron chi connectivity index (χ0n) is 9.43. The van der Waals surface area contributed by atoms with Crippen LogP contribution in [0.2, 0.25) is 0 Å². The zero-order chi connectivity index (χ0) is 12.3. The van der Waals surface area contributed by atoms with Gasteiger partial charge in [0, 0.05) is 27.8 Å². The first-order valence-electron chi connectivity index (χ1n) is 5.11. The lowest BCUT2D eigenvalue weighted by Gasteiger charge is -2.14. The number of nitrogens with zero attached hydrogens (tertiary/aromatic N) is 3. The van der Waals surface area contributed by atoms with E-state index >= 15 is 0 Å². The molecule has 90 valence electrons. The second-order valence-corrected chi connectivity index (χ2v) is 5.75. The summed E-state index contributed by atoms with van der Waals surface area (Å²) in [5.41, 5.74) is 6.42. The Balaban J connectivity index is 1.93. The van der Waals surface area contributed by atoms with Gasteiger partial charge in [-0.1, -0.05) is 0 Å². The molecule has 0 bridgehead atoms. The third-order valence-corrected chi connectivity index (χ3v) is 3.89. The molecule has 2 N–H and O–H groups in total. The van der Waals surface area contributed by atoms with Crippen LogP contribution in [0, 0.1) is 0 Å². The summed E-state index contributed by atoms with van der Waals surface area (Å²) in [6.07, 6.45) is 3.31. The lowest BCUT2D eigenvalue weighted by molar-refractivity contribution is 0.317. The maximum Gasteiger partial charge on any atom is 0.141 e. The molecule has 0 saturated heterocycles. The number of nitrogens with two attached hydrogens (primary N) is 1. The normalized spacial score (nSPS) is 11.0. The van der Waals surface area contributed by atoms with Crippen LogP contribution < -0.4 is 5.73 Å². The fourth-order valence-electron chi connectivity index (χ4n) is 1.48. The monoisotopic (exact) mass is 312 g/mol. The molecule has 2 heterocycles. The topological polar surface area (TPSA) is 55.0 Å². The van der Waals surface area contributed by atoms with Crippen LogP contribution in [0.15, 0.2) is 28.3 Å². The molecule has 17 heavy (non-hydrogen) atoms. The van der Waals surface area contributed by atoms with Gasteiger partial charge in [-0.2, -0.15) is 0 Å². The Kier molecular flexibility index (Phi) is 4.09. The van der Waals surface area contributed by atoms with E-state index < -0.39 is 0 Å². The minimum atomic E-state index is 0.457. The van der Waals surface area contributed by atoms with Crippen molar-refractivity contribution in [2.45, 2.75) is 13.1 Å². The Morgan fingerprint density at radius 1 is 1.35 bits per heavy atom. The van der Waals surface area contributed by atoms with Crippen molar-refractivity contribution in [2.75, 3.05) is 12.8 Å². The summed E-state index contributed by atoms with van der Waals surface area (Å²) < 4.78 is 1.14. The molecule has 0 fully saturated rings. The number of halogens is 1. The van der Waals surface area contributed by atoms with Gasteiger partial charge < -0.3 is 5.73 Å². The molecule has 0 aromatic carbocycles. The number of hydrogen-bond acceptors (Lipinski definition) is 5. The molecule has 0 amide bonds. The van der Waals surface area contributed by atoms with Crippen molar-refractivity contribution < 1.29 is 0 Å². The van der Waals surface area contributed by atoms with Gasteiger partial charge in [-0.3, -0.25) is 9.88 Å². The van der Waals surface area contributed by atoms with Gasteiger partial charge in [0.25, 0.3) is 0 Å². The lowest BCUT2D eigenvalue weighted by atomic mass is 10.4. The van der Waals surface area contributed by atoms with Crippen LogP contribution in [-0.2, 0) is 13.1 Å². The molecular weight excluding hydrogens is 300 g/mol. The Bertz CT molecular complexity index is 482. The van der Waals surface area contributed by atoms with Crippen LogP contribution in [0.3, 0.4) is 0 Å². The van der Waals surface area contributed by atoms with E-state index in [-0.39, 0.29) is 0 Å². The Morgan fingerprint density at radius 2 is 2.18 bits per heavy atom. The maximum absolute atomic E-state index is 5.49. The fraction of sp³-hybridized carbons (Fsp3) is 0.273. The van der Waals surface area contributed by atoms with Crippen molar-refractivity contribution in [1.29, 1.82) is 0 Å². The van der Waals surface area contributed by atoms with Crippen molar-refractivity contribution in [1.82, 2.24) is 14.9 Å². The number of hydrogen-bond donors (Lipinski definition) is 1. The first-order valence-corrected chi connectivity index (χ1v) is 6.78. The molecule has 0 spiro atoms. The van der Waals surface area contributed by atoms with Crippen LogP contribution in [0.5, 0.6) is 0 Å². The zero-order valence-corrected chi connectivity index (χ0v) is 11.8. The smallest absolute Gasteiger partial charge is 0.141 e. The molecule has 2 aromatic heterocycles. The molecule has 2 aromatic rings. The predicted octanol–water partition coefficient (Wildman–Crippen LogP) is 2.51. The van der Waals surface area contributed by atoms with Crippen molar-refractivity contribution in [2.24, 2.45) is 0 Å². The quantitative estimate of drug-likeness (QED) is 0.942. The molecular formula is C11H13BrN4S. The summed E-state index contributed by atoms with van der Waals surface area (Å²) in [4.78, 5) is 11.8. The van der Waals surface area contributed by atoms with E-state index in [4.69, 9.17) is 5.73 Å². The third kappa shape index (κ3) is 3.76. The van der Waals surface area contributed by atoms with E-state index in [2.05, 4.69) is 49.3 Å². The summed E-state index contributed by atoms with van der Waals surface area (Å²) in [6, 6.07) is 2.13. The van der Waals surface area contributed by atoms with Gasteiger partial charge in [0.05, 0.1) is 18.1 Å². The molecule has 6 heteroatoms. The van der Waals surface area contributed by atoms with Crippen molar-refractivity contribution in [3.8, 4) is 0 Å². The molecule has 0 aliphatic rings. The van der Waals surface area contributed by atoms with Crippen molar-refractivity contribution in [3.63, 3.8) is 0 Å². The third-order valence-electron chi connectivity index (χ3n) is 2.20. The largest absolute Gasteiger partial charge is 0.382 e. The van der Waals surface area contributed by atoms with E-state index in [1.807, 2.05) is 0 Å². The number of thiophene rings is 1. The fourth-order valence-corrected chi connectivity index (χ4v) is 3.01. The maximum atomic E-state index is 5.49. The summed E-state index contributed by atoms with van der Waals surface area (Å²) in [5.74, 6) is 0.457. The molecule has 0 radical (unpaired) electrons. The summed E-state index contributed by atoms with van der Waals surface area (Å²) >= 11 is 5.20. The van der Waals surface area contributed by atoms with Crippen LogP contribution in [-0.4, -0.2) is 21.9 Å². The van der Waals surface area contributed by atoms with Crippen LogP contribution >= 0.6 is 27.3 Å². The Morgan fingerprint density at radius 3 is 2.76 bits per heavy atom. The van der Waals surface area contributed by atoms with Gasteiger partial charge in [-0.05, 0) is 29.0 Å². The van der Waals surface area contributed by atoms with E-state index in [0.717, 1.165) is 23.3 Å². The highest BCUT2D eigenvalue weighted by Gasteiger charge is 2.05. The Labute approximate surface area is 113 Å². The van der Waals surface area contributed by atoms with E-state index in [1.54, 1.807) is 23.7 Å². The molecule has 0 atom stereocenters.